The predicted octanol–water partition coefficient (Wildman–Crippen LogP) is 2.91. The molecular formula is C17H22NO2+. The number of ether oxygens (including phenoxy) is 2. The molecule has 0 saturated heterocycles. The van der Waals surface area contributed by atoms with Crippen LogP contribution < -0.4 is 14.0 Å². The molecule has 1 heterocycles. The highest BCUT2D eigenvalue weighted by Gasteiger charge is 2.11. The maximum absolute atomic E-state index is 5.37. The Labute approximate surface area is 120 Å². The molecule has 106 valence electrons. The molecule has 0 bridgehead atoms. The average molecular weight is 272 g/mol. The van der Waals surface area contributed by atoms with Crippen LogP contribution in [0.25, 0.3) is 0 Å². The molecule has 0 aliphatic heterocycles. The first-order valence-electron chi connectivity index (χ1n) is 6.87. The van der Waals surface area contributed by atoms with Crippen molar-refractivity contribution in [3.8, 4) is 11.5 Å². The summed E-state index contributed by atoms with van der Waals surface area (Å²) in [4.78, 5) is 0. The zero-order valence-corrected chi connectivity index (χ0v) is 12.6. The normalized spacial score (nSPS) is 10.4. The van der Waals surface area contributed by atoms with Crippen molar-refractivity contribution in [1.82, 2.24) is 0 Å². The fourth-order valence-corrected chi connectivity index (χ4v) is 2.22. The van der Waals surface area contributed by atoms with E-state index < -0.39 is 0 Å². The van der Waals surface area contributed by atoms with Crippen LogP contribution >= 0.6 is 0 Å². The zero-order valence-electron chi connectivity index (χ0n) is 12.6. The minimum atomic E-state index is 0.777. The Morgan fingerprint density at radius 1 is 1.00 bits per heavy atom. The number of benzene rings is 1. The first-order valence-corrected chi connectivity index (χ1v) is 6.87. The second kappa shape index (κ2) is 6.42. The van der Waals surface area contributed by atoms with E-state index in [1.165, 1.54) is 16.7 Å². The Hall–Kier alpha value is -2.03. The number of hydrogen-bond acceptors (Lipinski definition) is 2. The summed E-state index contributed by atoms with van der Waals surface area (Å²) in [6, 6.07) is 8.40. The van der Waals surface area contributed by atoms with Gasteiger partial charge >= 0.3 is 0 Å². The van der Waals surface area contributed by atoms with Crippen LogP contribution in [-0.4, -0.2) is 14.2 Å². The second-order valence-electron chi connectivity index (χ2n) is 4.87. The third kappa shape index (κ3) is 3.10. The maximum Gasteiger partial charge on any atom is 0.174 e. The van der Waals surface area contributed by atoms with Crippen molar-refractivity contribution in [2.24, 2.45) is 0 Å². The second-order valence-corrected chi connectivity index (χ2v) is 4.87. The van der Waals surface area contributed by atoms with E-state index >= 15 is 0 Å². The smallest absolute Gasteiger partial charge is 0.174 e. The van der Waals surface area contributed by atoms with Gasteiger partial charge in [-0.25, -0.2) is 4.57 Å². The summed E-state index contributed by atoms with van der Waals surface area (Å²) in [6.07, 6.45) is 5.31. The molecule has 1 aromatic carbocycles. The molecule has 0 aliphatic rings. The molecule has 20 heavy (non-hydrogen) atoms. The molecule has 0 spiro atoms. The van der Waals surface area contributed by atoms with Crippen LogP contribution in [0.15, 0.2) is 36.7 Å². The SMILES string of the molecule is CCc1cc[n+](Cc2cc(OC)c(OC)cc2C)cc1. The number of hydrogen-bond donors (Lipinski definition) is 0. The Balaban J connectivity index is 2.27. The summed E-state index contributed by atoms with van der Waals surface area (Å²) in [5.41, 5.74) is 3.79. The lowest BCUT2D eigenvalue weighted by atomic mass is 10.1. The minimum absolute atomic E-state index is 0.777. The summed E-state index contributed by atoms with van der Waals surface area (Å²) < 4.78 is 12.9. The predicted molar refractivity (Wildman–Crippen MR) is 79.4 cm³/mol. The van der Waals surface area contributed by atoms with Gasteiger partial charge in [-0.1, -0.05) is 6.92 Å². The summed E-state index contributed by atoms with van der Waals surface area (Å²) >= 11 is 0. The molecule has 1 aromatic heterocycles. The van der Waals surface area contributed by atoms with E-state index in [4.69, 9.17) is 9.47 Å². The lowest BCUT2D eigenvalue weighted by molar-refractivity contribution is -0.688. The highest BCUT2D eigenvalue weighted by atomic mass is 16.5. The van der Waals surface area contributed by atoms with Gasteiger partial charge in [-0.05, 0) is 36.6 Å². The first-order chi connectivity index (χ1) is 9.67. The Morgan fingerprint density at radius 2 is 1.60 bits per heavy atom. The van der Waals surface area contributed by atoms with Gasteiger partial charge in [-0.15, -0.1) is 0 Å². The molecule has 0 aliphatic carbocycles. The van der Waals surface area contributed by atoms with Crippen molar-refractivity contribution in [2.75, 3.05) is 14.2 Å². The van der Waals surface area contributed by atoms with Gasteiger partial charge in [0.05, 0.1) is 14.2 Å². The number of nitrogens with zero attached hydrogens (tertiary/aromatic N) is 1. The van der Waals surface area contributed by atoms with E-state index in [9.17, 15) is 0 Å². The number of aryl methyl sites for hydroxylation is 2. The molecule has 2 rings (SSSR count). The average Bonchev–Trinajstić information content (AvgIpc) is 2.49. The van der Waals surface area contributed by atoms with E-state index in [1.54, 1.807) is 14.2 Å². The molecule has 3 heteroatoms. The fraction of sp³-hybridized carbons (Fsp3) is 0.353. The maximum atomic E-state index is 5.37. The number of pyridine rings is 1. The fourth-order valence-electron chi connectivity index (χ4n) is 2.22. The van der Waals surface area contributed by atoms with E-state index in [0.717, 1.165) is 24.5 Å². The quantitative estimate of drug-likeness (QED) is 0.781. The highest BCUT2D eigenvalue weighted by molar-refractivity contribution is 5.46. The zero-order chi connectivity index (χ0) is 14.5. The van der Waals surface area contributed by atoms with Gasteiger partial charge in [0.1, 0.15) is 0 Å². The molecule has 0 N–H and O–H groups in total. The Kier molecular flexibility index (Phi) is 4.61. The van der Waals surface area contributed by atoms with Gasteiger partial charge in [0.15, 0.2) is 30.4 Å². The summed E-state index contributed by atoms with van der Waals surface area (Å²) in [7, 11) is 3.33. The Morgan fingerprint density at radius 3 is 2.15 bits per heavy atom. The van der Waals surface area contributed by atoms with E-state index in [-0.39, 0.29) is 0 Å². The van der Waals surface area contributed by atoms with Gasteiger partial charge in [-0.3, -0.25) is 0 Å². The van der Waals surface area contributed by atoms with Crippen molar-refractivity contribution in [2.45, 2.75) is 26.8 Å². The number of rotatable bonds is 5. The van der Waals surface area contributed by atoms with Crippen LogP contribution in [0.1, 0.15) is 23.6 Å². The number of aromatic nitrogens is 1. The molecule has 0 atom stereocenters. The van der Waals surface area contributed by atoms with Crippen molar-refractivity contribution >= 4 is 0 Å². The summed E-state index contributed by atoms with van der Waals surface area (Å²) in [5.74, 6) is 1.55. The number of methoxy groups -OCH3 is 2. The lowest BCUT2D eigenvalue weighted by Gasteiger charge is -2.11. The van der Waals surface area contributed by atoms with Crippen LogP contribution in [0.3, 0.4) is 0 Å². The molecule has 3 nitrogen and oxygen atoms in total. The van der Waals surface area contributed by atoms with Crippen molar-refractivity contribution < 1.29 is 14.0 Å². The largest absolute Gasteiger partial charge is 0.493 e. The molecule has 0 unspecified atom stereocenters. The van der Waals surface area contributed by atoms with E-state index in [1.807, 2.05) is 6.07 Å². The highest BCUT2D eigenvalue weighted by Crippen LogP contribution is 2.30. The van der Waals surface area contributed by atoms with Crippen LogP contribution in [0.5, 0.6) is 11.5 Å². The van der Waals surface area contributed by atoms with Gasteiger partial charge in [-0.2, -0.15) is 0 Å². The van der Waals surface area contributed by atoms with Gasteiger partial charge in [0.25, 0.3) is 0 Å². The molecule has 0 amide bonds. The molecular weight excluding hydrogens is 250 g/mol. The molecule has 0 radical (unpaired) electrons. The summed E-state index contributed by atoms with van der Waals surface area (Å²) in [5, 5.41) is 0. The minimum Gasteiger partial charge on any atom is -0.493 e. The van der Waals surface area contributed by atoms with Crippen LogP contribution in [0.4, 0.5) is 0 Å². The third-order valence-corrected chi connectivity index (χ3v) is 3.56. The topological polar surface area (TPSA) is 22.3 Å². The monoisotopic (exact) mass is 272 g/mol. The first kappa shape index (κ1) is 14.4. The van der Waals surface area contributed by atoms with Gasteiger partial charge in [0, 0.05) is 17.7 Å². The van der Waals surface area contributed by atoms with E-state index in [0.29, 0.717) is 0 Å². The molecule has 2 aromatic rings. The van der Waals surface area contributed by atoms with E-state index in [2.05, 4.69) is 49.0 Å². The van der Waals surface area contributed by atoms with Crippen molar-refractivity contribution in [3.05, 3.63) is 53.3 Å². The molecule has 0 fully saturated rings. The standard InChI is InChI=1S/C17H22NO2/c1-5-14-6-8-18(9-7-14)12-15-11-17(20-4)16(19-3)10-13(15)2/h6-11H,5,12H2,1-4H3/q+1. The van der Waals surface area contributed by atoms with Gasteiger partial charge < -0.3 is 9.47 Å². The van der Waals surface area contributed by atoms with Crippen molar-refractivity contribution in [1.29, 1.82) is 0 Å². The lowest BCUT2D eigenvalue weighted by Crippen LogP contribution is -2.33. The van der Waals surface area contributed by atoms with Crippen LogP contribution in [0.2, 0.25) is 0 Å². The van der Waals surface area contributed by atoms with Crippen LogP contribution in [0, 0.1) is 6.92 Å². The van der Waals surface area contributed by atoms with Crippen LogP contribution in [-0.2, 0) is 13.0 Å². The van der Waals surface area contributed by atoms with Gasteiger partial charge in [0.2, 0.25) is 0 Å². The third-order valence-electron chi connectivity index (χ3n) is 3.56. The Bertz CT molecular complexity index is 576. The molecule has 0 saturated carbocycles. The summed E-state index contributed by atoms with van der Waals surface area (Å²) in [6.45, 7) is 5.09. The van der Waals surface area contributed by atoms with Crippen molar-refractivity contribution in [3.63, 3.8) is 0 Å².